The first-order valence-corrected chi connectivity index (χ1v) is 9.24. The second kappa shape index (κ2) is 8.57. The highest BCUT2D eigenvalue weighted by Crippen LogP contribution is 2.34. The van der Waals surface area contributed by atoms with Crippen LogP contribution in [-0.2, 0) is 4.79 Å². The standard InChI is InChI=1S/C23H24N2O3/c1-4-24-22(26)15-28-21-14-13-18(19-7-5-6-8-20(19)21)16-9-11-17(12-10-16)23(27)25(2)3/h5-14H,4,15H2,1-3H3,(H,24,26). The van der Waals surface area contributed by atoms with Crippen molar-refractivity contribution in [3.8, 4) is 16.9 Å². The molecule has 1 N–H and O–H groups in total. The second-order valence-electron chi connectivity index (χ2n) is 6.68. The molecule has 0 radical (unpaired) electrons. The zero-order chi connectivity index (χ0) is 20.1. The Morgan fingerprint density at radius 1 is 0.929 bits per heavy atom. The van der Waals surface area contributed by atoms with Gasteiger partial charge in [-0.1, -0.05) is 42.5 Å². The summed E-state index contributed by atoms with van der Waals surface area (Å²) < 4.78 is 5.74. The smallest absolute Gasteiger partial charge is 0.257 e. The van der Waals surface area contributed by atoms with E-state index in [0.717, 1.165) is 21.9 Å². The first-order chi connectivity index (χ1) is 13.5. The molecule has 0 unspecified atom stereocenters. The topological polar surface area (TPSA) is 58.6 Å². The van der Waals surface area contributed by atoms with Gasteiger partial charge in [-0.15, -0.1) is 0 Å². The number of hydrogen-bond acceptors (Lipinski definition) is 3. The molecule has 5 nitrogen and oxygen atoms in total. The minimum absolute atomic E-state index is 0.0154. The van der Waals surface area contributed by atoms with Crippen molar-refractivity contribution in [3.05, 3.63) is 66.2 Å². The van der Waals surface area contributed by atoms with E-state index >= 15 is 0 Å². The Morgan fingerprint density at radius 3 is 2.25 bits per heavy atom. The first kappa shape index (κ1) is 19.4. The Hall–Kier alpha value is -3.34. The van der Waals surface area contributed by atoms with Crippen LogP contribution >= 0.6 is 0 Å². The highest BCUT2D eigenvalue weighted by molar-refractivity contribution is 6.01. The van der Waals surface area contributed by atoms with Gasteiger partial charge >= 0.3 is 0 Å². The molecular formula is C23H24N2O3. The van der Waals surface area contributed by atoms with Gasteiger partial charge < -0.3 is 15.0 Å². The molecule has 0 spiro atoms. The molecule has 0 bridgehead atoms. The number of nitrogens with zero attached hydrogens (tertiary/aromatic N) is 1. The third-order valence-electron chi connectivity index (χ3n) is 4.47. The molecule has 0 aliphatic rings. The SMILES string of the molecule is CCNC(=O)COc1ccc(-c2ccc(C(=O)N(C)C)cc2)c2ccccc12. The number of carbonyl (C=O) groups excluding carboxylic acids is 2. The summed E-state index contributed by atoms with van der Waals surface area (Å²) in [7, 11) is 3.48. The van der Waals surface area contributed by atoms with E-state index in [2.05, 4.69) is 5.32 Å². The molecule has 144 valence electrons. The van der Waals surface area contributed by atoms with Crippen molar-refractivity contribution in [1.82, 2.24) is 10.2 Å². The van der Waals surface area contributed by atoms with Crippen LogP contribution in [0.2, 0.25) is 0 Å². The van der Waals surface area contributed by atoms with Crippen LogP contribution < -0.4 is 10.1 Å². The van der Waals surface area contributed by atoms with E-state index in [-0.39, 0.29) is 18.4 Å². The number of amides is 2. The molecule has 0 aliphatic carbocycles. The maximum atomic E-state index is 12.1. The van der Waals surface area contributed by atoms with Gasteiger partial charge in [0.15, 0.2) is 6.61 Å². The molecule has 0 atom stereocenters. The molecule has 0 saturated heterocycles. The van der Waals surface area contributed by atoms with Gasteiger partial charge in [-0.25, -0.2) is 0 Å². The number of carbonyl (C=O) groups is 2. The number of fused-ring (bicyclic) bond motifs is 1. The summed E-state index contributed by atoms with van der Waals surface area (Å²) in [5.74, 6) is 0.507. The van der Waals surface area contributed by atoms with E-state index in [0.29, 0.717) is 17.9 Å². The van der Waals surface area contributed by atoms with Gasteiger partial charge in [-0.2, -0.15) is 0 Å². The normalized spacial score (nSPS) is 10.5. The maximum Gasteiger partial charge on any atom is 0.257 e. The maximum absolute atomic E-state index is 12.1. The molecule has 5 heteroatoms. The average Bonchev–Trinajstić information content (AvgIpc) is 2.71. The van der Waals surface area contributed by atoms with E-state index in [1.54, 1.807) is 19.0 Å². The highest BCUT2D eigenvalue weighted by atomic mass is 16.5. The minimum atomic E-state index is -0.142. The van der Waals surface area contributed by atoms with Crippen molar-refractivity contribution in [2.45, 2.75) is 6.92 Å². The number of benzene rings is 3. The van der Waals surface area contributed by atoms with Crippen molar-refractivity contribution >= 4 is 22.6 Å². The van der Waals surface area contributed by atoms with Gasteiger partial charge in [-0.3, -0.25) is 9.59 Å². The molecule has 0 aromatic heterocycles. The summed E-state index contributed by atoms with van der Waals surface area (Å²) >= 11 is 0. The van der Waals surface area contributed by atoms with Crippen LogP contribution in [0.1, 0.15) is 17.3 Å². The summed E-state index contributed by atoms with van der Waals surface area (Å²) in [6.45, 7) is 2.44. The van der Waals surface area contributed by atoms with Crippen LogP contribution in [0.4, 0.5) is 0 Å². The van der Waals surface area contributed by atoms with Crippen LogP contribution in [0.3, 0.4) is 0 Å². The van der Waals surface area contributed by atoms with Crippen molar-refractivity contribution < 1.29 is 14.3 Å². The molecule has 0 saturated carbocycles. The lowest BCUT2D eigenvalue weighted by Crippen LogP contribution is -2.28. The average molecular weight is 376 g/mol. The van der Waals surface area contributed by atoms with E-state index in [9.17, 15) is 9.59 Å². The van der Waals surface area contributed by atoms with Crippen LogP contribution in [0.5, 0.6) is 5.75 Å². The molecule has 0 fully saturated rings. The Labute approximate surface area is 164 Å². The van der Waals surface area contributed by atoms with Crippen LogP contribution in [-0.4, -0.2) is 44.0 Å². The summed E-state index contributed by atoms with van der Waals surface area (Å²) in [6, 6.07) is 19.4. The Bertz CT molecular complexity index is 994. The lowest BCUT2D eigenvalue weighted by Gasteiger charge is -2.14. The van der Waals surface area contributed by atoms with Gasteiger partial charge in [0.05, 0.1) is 0 Å². The minimum Gasteiger partial charge on any atom is -0.483 e. The fourth-order valence-electron chi connectivity index (χ4n) is 3.09. The summed E-state index contributed by atoms with van der Waals surface area (Å²) in [6.07, 6.45) is 0. The third kappa shape index (κ3) is 4.14. The fraction of sp³-hybridized carbons (Fsp3) is 0.217. The lowest BCUT2D eigenvalue weighted by atomic mass is 9.97. The molecule has 0 aliphatic heterocycles. The quantitative estimate of drug-likeness (QED) is 0.713. The van der Waals surface area contributed by atoms with Gasteiger partial charge in [0, 0.05) is 31.6 Å². The molecule has 28 heavy (non-hydrogen) atoms. The molecular weight excluding hydrogens is 352 g/mol. The van der Waals surface area contributed by atoms with Crippen molar-refractivity contribution in [3.63, 3.8) is 0 Å². The zero-order valence-corrected chi connectivity index (χ0v) is 16.4. The summed E-state index contributed by atoms with van der Waals surface area (Å²) in [5.41, 5.74) is 2.71. The predicted molar refractivity (Wildman–Crippen MR) is 112 cm³/mol. The Morgan fingerprint density at radius 2 is 1.61 bits per heavy atom. The summed E-state index contributed by atoms with van der Waals surface area (Å²) in [5, 5.41) is 4.70. The lowest BCUT2D eigenvalue weighted by molar-refractivity contribution is -0.122. The van der Waals surface area contributed by atoms with Crippen LogP contribution in [0, 0.1) is 0 Å². The number of nitrogens with one attached hydrogen (secondary N) is 1. The first-order valence-electron chi connectivity index (χ1n) is 9.24. The molecule has 3 rings (SSSR count). The van der Waals surface area contributed by atoms with Gasteiger partial charge in [0.2, 0.25) is 0 Å². The number of likely N-dealkylation sites (N-methyl/N-ethyl adjacent to an activating group) is 1. The number of ether oxygens (including phenoxy) is 1. The Balaban J connectivity index is 1.94. The zero-order valence-electron chi connectivity index (χ0n) is 16.4. The predicted octanol–water partition coefficient (Wildman–Crippen LogP) is 3.72. The van der Waals surface area contributed by atoms with Crippen LogP contribution in [0.25, 0.3) is 21.9 Å². The van der Waals surface area contributed by atoms with Crippen molar-refractivity contribution in [2.24, 2.45) is 0 Å². The summed E-state index contributed by atoms with van der Waals surface area (Å²) in [4.78, 5) is 25.4. The Kier molecular flexibility index (Phi) is 5.94. The van der Waals surface area contributed by atoms with E-state index in [1.807, 2.05) is 67.6 Å². The molecule has 3 aromatic rings. The van der Waals surface area contributed by atoms with Gasteiger partial charge in [-0.05, 0) is 41.6 Å². The monoisotopic (exact) mass is 376 g/mol. The third-order valence-corrected chi connectivity index (χ3v) is 4.47. The molecule has 2 amide bonds. The molecule has 0 heterocycles. The fourth-order valence-corrected chi connectivity index (χ4v) is 3.09. The molecule has 3 aromatic carbocycles. The van der Waals surface area contributed by atoms with Crippen LogP contribution in [0.15, 0.2) is 60.7 Å². The van der Waals surface area contributed by atoms with Gasteiger partial charge in [0.1, 0.15) is 5.75 Å². The van der Waals surface area contributed by atoms with E-state index < -0.39 is 0 Å². The number of hydrogen-bond donors (Lipinski definition) is 1. The second-order valence-corrected chi connectivity index (χ2v) is 6.68. The van der Waals surface area contributed by atoms with Crippen molar-refractivity contribution in [1.29, 1.82) is 0 Å². The van der Waals surface area contributed by atoms with E-state index in [4.69, 9.17) is 4.74 Å². The van der Waals surface area contributed by atoms with E-state index in [1.165, 1.54) is 0 Å². The van der Waals surface area contributed by atoms with Gasteiger partial charge in [0.25, 0.3) is 11.8 Å². The highest BCUT2D eigenvalue weighted by Gasteiger charge is 2.12. The largest absolute Gasteiger partial charge is 0.483 e. The number of rotatable bonds is 6. The van der Waals surface area contributed by atoms with Crippen molar-refractivity contribution in [2.75, 3.05) is 27.2 Å².